The van der Waals surface area contributed by atoms with Gasteiger partial charge in [-0.3, -0.25) is 0 Å². The number of nitriles is 1. The van der Waals surface area contributed by atoms with Crippen molar-refractivity contribution in [2.75, 3.05) is 0 Å². The van der Waals surface area contributed by atoms with E-state index in [1.807, 2.05) is 60.7 Å². The molecule has 7 heteroatoms. The Morgan fingerprint density at radius 3 is 1.37 bits per heavy atom. The van der Waals surface area contributed by atoms with E-state index in [1.54, 1.807) is 0 Å². The van der Waals surface area contributed by atoms with Crippen LogP contribution in [-0.2, 0) is 0 Å². The molecule has 0 bridgehead atoms. The molecule has 3 aromatic heterocycles. The monoisotopic (exact) mass is 685 g/mol. The molecule has 54 heavy (non-hydrogen) atoms. The van der Waals surface area contributed by atoms with Crippen molar-refractivity contribution in [1.29, 1.82) is 5.26 Å². The van der Waals surface area contributed by atoms with Crippen LogP contribution in [0.25, 0.3) is 88.9 Å². The molecule has 5 nitrogen and oxygen atoms in total. The summed E-state index contributed by atoms with van der Waals surface area (Å²) in [5, 5.41) is 15.2. The third-order valence-corrected chi connectivity index (χ3v) is 9.96. The van der Waals surface area contributed by atoms with Crippen molar-refractivity contribution in [1.82, 2.24) is 19.1 Å². The van der Waals surface area contributed by atoms with Gasteiger partial charge in [-0.2, -0.15) is 5.26 Å². The van der Waals surface area contributed by atoms with E-state index in [0.717, 1.165) is 50.1 Å². The highest BCUT2D eigenvalue weighted by Gasteiger charge is 2.22. The Kier molecular flexibility index (Phi) is 8.34. The minimum atomic E-state index is 0.454. The molecule has 0 aliphatic rings. The van der Waals surface area contributed by atoms with Crippen LogP contribution < -0.4 is 0 Å². The van der Waals surface area contributed by atoms with Gasteiger partial charge in [0.1, 0.15) is 11.6 Å². The molecular formula is C47H29B2N5. The van der Waals surface area contributed by atoms with Crippen molar-refractivity contribution in [3.05, 3.63) is 181 Å². The first-order valence-corrected chi connectivity index (χ1v) is 17.7. The number of hydrogen-bond donors (Lipinski definition) is 0. The topological polar surface area (TPSA) is 59.4 Å². The van der Waals surface area contributed by atoms with Gasteiger partial charge >= 0.3 is 0 Å². The normalized spacial score (nSPS) is 11.1. The van der Waals surface area contributed by atoms with Gasteiger partial charge < -0.3 is 9.13 Å². The number of aromatic nitrogens is 4. The maximum atomic E-state index is 10.5. The van der Waals surface area contributed by atoms with Gasteiger partial charge in [-0.05, 0) is 36.4 Å². The zero-order valence-corrected chi connectivity index (χ0v) is 29.1. The molecular weight excluding hydrogens is 656 g/mol. The predicted molar refractivity (Wildman–Crippen MR) is 223 cm³/mol. The molecule has 0 amide bonds. The van der Waals surface area contributed by atoms with Crippen molar-refractivity contribution in [3.63, 3.8) is 0 Å². The molecule has 0 atom stereocenters. The summed E-state index contributed by atoms with van der Waals surface area (Å²) in [6, 6.07) is 63.1. The molecule has 0 aliphatic carbocycles. The molecule has 0 spiro atoms. The van der Waals surface area contributed by atoms with Crippen molar-refractivity contribution >= 4 is 59.1 Å². The number of benzene rings is 7. The van der Waals surface area contributed by atoms with E-state index in [2.05, 4.69) is 146 Å². The molecule has 4 radical (unpaired) electrons. The summed E-state index contributed by atoms with van der Waals surface area (Å²) in [4.78, 5) is 10.2. The average Bonchev–Trinajstić information content (AvgIpc) is 3.78. The maximum absolute atomic E-state index is 10.5. The number of rotatable bonds is 5. The molecule has 0 unspecified atom stereocenters. The van der Waals surface area contributed by atoms with Gasteiger partial charge in [-0.15, -0.1) is 0 Å². The number of nitrogens with zero attached hydrogens (tertiary/aromatic N) is 5. The third kappa shape index (κ3) is 5.27. The van der Waals surface area contributed by atoms with Crippen LogP contribution in [0, 0.1) is 11.3 Å². The van der Waals surface area contributed by atoms with Crippen LogP contribution in [0.15, 0.2) is 176 Å². The molecule has 0 aliphatic heterocycles. The highest BCUT2D eigenvalue weighted by Crippen LogP contribution is 2.42. The lowest BCUT2D eigenvalue weighted by Gasteiger charge is -2.14. The van der Waals surface area contributed by atoms with Gasteiger partial charge in [0.05, 0.1) is 33.5 Å². The summed E-state index contributed by atoms with van der Waals surface area (Å²) in [5.41, 5.74) is 10.9. The Bertz CT molecular complexity index is 2960. The molecule has 3 heterocycles. The Morgan fingerprint density at radius 1 is 0.426 bits per heavy atom. The van der Waals surface area contributed by atoms with Gasteiger partial charge in [0.25, 0.3) is 0 Å². The lowest BCUT2D eigenvalue weighted by atomic mass is 9.81. The highest BCUT2D eigenvalue weighted by atomic mass is 15.0. The van der Waals surface area contributed by atoms with Gasteiger partial charge in [0, 0.05) is 65.1 Å². The van der Waals surface area contributed by atoms with Crippen molar-refractivity contribution in [2.45, 2.75) is 0 Å². The van der Waals surface area contributed by atoms with Crippen LogP contribution in [-0.4, -0.2) is 34.6 Å². The number of para-hydroxylation sites is 3. The number of fused-ring (bicyclic) bond motifs is 7. The molecule has 10 rings (SSSR count). The molecule has 0 N–H and O–H groups in total. The molecule has 7 aromatic carbocycles. The largest absolute Gasteiger partial charge is 0.307 e. The van der Waals surface area contributed by atoms with Gasteiger partial charge in [-0.25, -0.2) is 9.97 Å². The van der Waals surface area contributed by atoms with E-state index in [9.17, 15) is 5.26 Å². The summed E-state index contributed by atoms with van der Waals surface area (Å²) in [6.07, 6.45) is 0. The second-order valence-electron chi connectivity index (χ2n) is 12.9. The Morgan fingerprint density at radius 2 is 0.852 bits per heavy atom. The fraction of sp³-hybridized carbons (Fsp3) is 0. The smallest absolute Gasteiger partial charge is 0.160 e. The van der Waals surface area contributed by atoms with E-state index >= 15 is 0 Å². The first-order valence-electron chi connectivity index (χ1n) is 17.7. The van der Waals surface area contributed by atoms with Crippen molar-refractivity contribution in [3.8, 4) is 51.3 Å². The van der Waals surface area contributed by atoms with E-state index < -0.39 is 0 Å². The van der Waals surface area contributed by atoms with Crippen LogP contribution in [0.3, 0.4) is 0 Å². The average molecular weight is 685 g/mol. The quantitative estimate of drug-likeness (QED) is 0.170. The Balaban J connectivity index is 0.00000189. The fourth-order valence-corrected chi connectivity index (χ4v) is 7.70. The van der Waals surface area contributed by atoms with E-state index in [-0.39, 0.29) is 0 Å². The lowest BCUT2D eigenvalue weighted by molar-refractivity contribution is 1.14. The summed E-state index contributed by atoms with van der Waals surface area (Å²) in [7, 11) is 8.00. The van der Waals surface area contributed by atoms with Crippen molar-refractivity contribution < 1.29 is 0 Å². The second kappa shape index (κ2) is 13.8. The molecule has 0 fully saturated rings. The third-order valence-electron chi connectivity index (χ3n) is 9.96. The summed E-state index contributed by atoms with van der Waals surface area (Å²) in [6.45, 7) is 0. The van der Waals surface area contributed by atoms with Gasteiger partial charge in [-0.1, -0.05) is 140 Å². The standard InChI is InChI=1S/C47H29N5.B2/c48-30-40-43(31-15-4-1-5-16-31)49-47(50-44(40)32-17-6-2-7-18-32)33-19-14-22-35(29-33)52-42-26-13-11-24-37(42)39-28-27-38-36-23-10-12-25-41(36)51(45(38)46(39)52)34-20-8-3-9-21-34;1-2/h1-29H;. The minimum absolute atomic E-state index is 0.454. The van der Waals surface area contributed by atoms with Crippen LogP contribution in [0.2, 0.25) is 0 Å². The lowest BCUT2D eigenvalue weighted by Crippen LogP contribution is -2.02. The molecule has 248 valence electrons. The first kappa shape index (κ1) is 32.7. The predicted octanol–water partition coefficient (Wildman–Crippen LogP) is 10.8. The van der Waals surface area contributed by atoms with Crippen LogP contribution >= 0.6 is 0 Å². The van der Waals surface area contributed by atoms with Crippen molar-refractivity contribution in [2.24, 2.45) is 0 Å². The van der Waals surface area contributed by atoms with E-state index in [0.29, 0.717) is 22.8 Å². The first-order chi connectivity index (χ1) is 26.8. The molecule has 10 aromatic rings. The molecule has 0 saturated heterocycles. The minimum Gasteiger partial charge on any atom is -0.307 e. The van der Waals surface area contributed by atoms with Crippen LogP contribution in [0.5, 0.6) is 0 Å². The van der Waals surface area contributed by atoms with E-state index in [4.69, 9.17) is 9.97 Å². The molecule has 0 saturated carbocycles. The zero-order chi connectivity index (χ0) is 36.6. The van der Waals surface area contributed by atoms with Gasteiger partial charge in [0.15, 0.2) is 5.82 Å². The summed E-state index contributed by atoms with van der Waals surface area (Å²) in [5.74, 6) is 0.558. The fourth-order valence-electron chi connectivity index (χ4n) is 7.70. The SMILES string of the molecule is N#Cc1c(-c2ccccc2)nc(-c2cccc(-n3c4ccccc4c4ccc5c6ccccc6n(-c6ccccc6)c5c43)c2)nc1-c1ccccc1.[B][B]. The zero-order valence-electron chi connectivity index (χ0n) is 29.1. The van der Waals surface area contributed by atoms with Gasteiger partial charge in [0.2, 0.25) is 0 Å². The Labute approximate surface area is 315 Å². The van der Waals surface area contributed by atoms with Crippen LogP contribution in [0.4, 0.5) is 0 Å². The Hall–Kier alpha value is -7.16. The summed E-state index contributed by atoms with van der Waals surface area (Å²) >= 11 is 0. The highest BCUT2D eigenvalue weighted by molar-refractivity contribution is 6.75. The second-order valence-corrected chi connectivity index (χ2v) is 12.9. The van der Waals surface area contributed by atoms with Crippen LogP contribution in [0.1, 0.15) is 5.56 Å². The number of hydrogen-bond acceptors (Lipinski definition) is 3. The maximum Gasteiger partial charge on any atom is 0.160 e. The van der Waals surface area contributed by atoms with E-state index in [1.165, 1.54) is 21.5 Å². The summed E-state index contributed by atoms with van der Waals surface area (Å²) < 4.78 is 4.78.